The number of para-hydroxylation sites is 2. The zero-order chi connectivity index (χ0) is 20.8. The molecule has 0 fully saturated rings. The number of hydrogen-bond acceptors (Lipinski definition) is 5. The van der Waals surface area contributed by atoms with Gasteiger partial charge in [-0.1, -0.05) is 35.3 Å². The number of nitro benzene ring substituents is 1. The largest absolute Gasteiger partial charge is 0.275 e. The predicted molar refractivity (Wildman–Crippen MR) is 116 cm³/mol. The van der Waals surface area contributed by atoms with Crippen LogP contribution in [0.1, 0.15) is 0 Å². The van der Waals surface area contributed by atoms with Crippen molar-refractivity contribution in [1.82, 2.24) is 19.5 Å². The van der Waals surface area contributed by atoms with Gasteiger partial charge >= 0.3 is 0 Å². The SMILES string of the molecule is O=[N+]([O-])c1ccc(-c2nc3nc4ccccc4nc3n2-c2cc(Cl)cc(Cl)c2)cc1. The van der Waals surface area contributed by atoms with Gasteiger partial charge in [-0.2, -0.15) is 0 Å². The maximum atomic E-state index is 11.0. The van der Waals surface area contributed by atoms with E-state index < -0.39 is 4.92 Å². The summed E-state index contributed by atoms with van der Waals surface area (Å²) in [6, 6.07) is 18.8. The van der Waals surface area contributed by atoms with E-state index in [1.165, 1.54) is 12.1 Å². The Kier molecular flexibility index (Phi) is 4.34. The second-order valence-corrected chi connectivity index (χ2v) is 7.43. The van der Waals surface area contributed by atoms with Crippen LogP contribution in [0.3, 0.4) is 0 Å². The summed E-state index contributed by atoms with van der Waals surface area (Å²) in [5, 5.41) is 11.9. The zero-order valence-electron chi connectivity index (χ0n) is 15.2. The molecule has 0 N–H and O–H groups in total. The number of rotatable bonds is 3. The van der Waals surface area contributed by atoms with Crippen LogP contribution in [0.25, 0.3) is 39.4 Å². The van der Waals surface area contributed by atoms with Crippen molar-refractivity contribution in [1.29, 1.82) is 0 Å². The highest BCUT2D eigenvalue weighted by Gasteiger charge is 2.19. The van der Waals surface area contributed by atoms with E-state index in [0.29, 0.717) is 43.9 Å². The molecule has 0 unspecified atom stereocenters. The van der Waals surface area contributed by atoms with Crippen LogP contribution in [-0.4, -0.2) is 24.4 Å². The number of imidazole rings is 1. The quantitative estimate of drug-likeness (QED) is 0.262. The van der Waals surface area contributed by atoms with Crippen LogP contribution in [0, 0.1) is 10.1 Å². The van der Waals surface area contributed by atoms with Crippen molar-refractivity contribution in [2.75, 3.05) is 0 Å². The van der Waals surface area contributed by atoms with Crippen molar-refractivity contribution in [3.8, 4) is 17.1 Å². The number of nitro groups is 1. The van der Waals surface area contributed by atoms with Crippen LogP contribution >= 0.6 is 23.2 Å². The van der Waals surface area contributed by atoms with E-state index in [0.717, 1.165) is 5.52 Å². The molecular weight excluding hydrogens is 425 g/mol. The number of aromatic nitrogens is 4. The first kappa shape index (κ1) is 18.5. The highest BCUT2D eigenvalue weighted by Crippen LogP contribution is 2.31. The molecule has 0 aliphatic rings. The molecule has 2 heterocycles. The van der Waals surface area contributed by atoms with Crippen LogP contribution in [-0.2, 0) is 0 Å². The minimum atomic E-state index is -0.445. The Hall–Kier alpha value is -3.55. The van der Waals surface area contributed by atoms with E-state index in [-0.39, 0.29) is 5.69 Å². The Bertz CT molecular complexity index is 1430. The van der Waals surface area contributed by atoms with Gasteiger partial charge in [0.05, 0.1) is 21.6 Å². The molecule has 0 aliphatic carbocycles. The number of benzene rings is 3. The van der Waals surface area contributed by atoms with Crippen molar-refractivity contribution in [3.63, 3.8) is 0 Å². The summed E-state index contributed by atoms with van der Waals surface area (Å²) < 4.78 is 1.80. The number of non-ortho nitro benzene ring substituents is 1. The second kappa shape index (κ2) is 7.05. The molecule has 3 aromatic carbocycles. The first-order valence-corrected chi connectivity index (χ1v) is 9.62. The highest BCUT2D eigenvalue weighted by molar-refractivity contribution is 6.34. The molecule has 0 saturated carbocycles. The summed E-state index contributed by atoms with van der Waals surface area (Å²) in [6.07, 6.45) is 0. The van der Waals surface area contributed by atoms with E-state index in [1.807, 2.05) is 24.3 Å². The molecule has 146 valence electrons. The van der Waals surface area contributed by atoms with Gasteiger partial charge in [0.2, 0.25) is 0 Å². The summed E-state index contributed by atoms with van der Waals surface area (Å²) in [5.41, 5.74) is 3.73. The molecule has 0 amide bonds. The van der Waals surface area contributed by atoms with Crippen LogP contribution in [0.4, 0.5) is 5.69 Å². The van der Waals surface area contributed by atoms with Gasteiger partial charge in [-0.3, -0.25) is 14.7 Å². The van der Waals surface area contributed by atoms with Crippen molar-refractivity contribution >= 4 is 51.2 Å². The van der Waals surface area contributed by atoms with Crippen molar-refractivity contribution < 1.29 is 4.92 Å². The Morgan fingerprint density at radius 3 is 2.10 bits per heavy atom. The fraction of sp³-hybridized carbons (Fsp3) is 0. The van der Waals surface area contributed by atoms with Crippen molar-refractivity contribution in [3.05, 3.63) is 86.9 Å². The van der Waals surface area contributed by atoms with Crippen LogP contribution < -0.4 is 0 Å². The third kappa shape index (κ3) is 3.14. The first-order chi connectivity index (χ1) is 14.5. The second-order valence-electron chi connectivity index (χ2n) is 6.56. The van der Waals surface area contributed by atoms with Gasteiger partial charge in [0, 0.05) is 27.7 Å². The third-order valence-corrected chi connectivity index (χ3v) is 5.05. The van der Waals surface area contributed by atoms with E-state index in [2.05, 4.69) is 9.97 Å². The van der Waals surface area contributed by atoms with Crippen molar-refractivity contribution in [2.45, 2.75) is 0 Å². The summed E-state index contributed by atoms with van der Waals surface area (Å²) in [7, 11) is 0. The normalized spacial score (nSPS) is 11.3. The summed E-state index contributed by atoms with van der Waals surface area (Å²) in [5.74, 6) is 0.522. The van der Waals surface area contributed by atoms with Crippen molar-refractivity contribution in [2.24, 2.45) is 0 Å². The smallest absolute Gasteiger partial charge is 0.269 e. The maximum Gasteiger partial charge on any atom is 0.269 e. The lowest BCUT2D eigenvalue weighted by Gasteiger charge is -2.10. The number of fused-ring (bicyclic) bond motifs is 2. The van der Waals surface area contributed by atoms with Crippen LogP contribution in [0.5, 0.6) is 0 Å². The average Bonchev–Trinajstić information content (AvgIpc) is 3.09. The zero-order valence-corrected chi connectivity index (χ0v) is 16.7. The minimum Gasteiger partial charge on any atom is -0.275 e. The lowest BCUT2D eigenvalue weighted by atomic mass is 10.2. The van der Waals surface area contributed by atoms with E-state index in [4.69, 9.17) is 28.2 Å². The van der Waals surface area contributed by atoms with Gasteiger partial charge in [0.1, 0.15) is 5.82 Å². The number of hydrogen-bond donors (Lipinski definition) is 0. The van der Waals surface area contributed by atoms with Crippen LogP contribution in [0.15, 0.2) is 66.7 Å². The molecule has 0 saturated heterocycles. The average molecular weight is 436 g/mol. The first-order valence-electron chi connectivity index (χ1n) is 8.86. The standard InChI is InChI=1S/C21H11Cl2N5O2/c22-13-9-14(23)11-16(10-13)27-20(12-5-7-15(8-6-12)28(29)30)26-19-21(27)25-18-4-2-1-3-17(18)24-19/h1-11H. The predicted octanol–water partition coefficient (Wildman–Crippen LogP) is 5.85. The third-order valence-electron chi connectivity index (χ3n) is 4.61. The fourth-order valence-electron chi connectivity index (χ4n) is 3.30. The number of nitrogens with zero attached hydrogens (tertiary/aromatic N) is 5. The summed E-state index contributed by atoms with van der Waals surface area (Å²) in [6.45, 7) is 0. The molecule has 0 aliphatic heterocycles. The van der Waals surface area contributed by atoms with Gasteiger partial charge in [-0.25, -0.2) is 15.0 Å². The molecular formula is C21H11Cl2N5O2. The fourth-order valence-corrected chi connectivity index (χ4v) is 3.81. The van der Waals surface area contributed by atoms with Gasteiger partial charge in [0.15, 0.2) is 11.3 Å². The molecule has 0 atom stereocenters. The van der Waals surface area contributed by atoms with Crippen LogP contribution in [0.2, 0.25) is 10.0 Å². The summed E-state index contributed by atoms with van der Waals surface area (Å²) in [4.78, 5) is 24.6. The minimum absolute atomic E-state index is 0.00537. The lowest BCUT2D eigenvalue weighted by molar-refractivity contribution is -0.384. The molecule has 0 radical (unpaired) electrons. The molecule has 0 bridgehead atoms. The van der Waals surface area contributed by atoms with E-state index in [1.54, 1.807) is 34.9 Å². The van der Waals surface area contributed by atoms with E-state index >= 15 is 0 Å². The number of halogens is 2. The Morgan fingerprint density at radius 1 is 0.833 bits per heavy atom. The molecule has 0 spiro atoms. The lowest BCUT2D eigenvalue weighted by Crippen LogP contribution is -2.00. The molecule has 7 nitrogen and oxygen atoms in total. The Balaban J connectivity index is 1.84. The Labute approximate surface area is 179 Å². The van der Waals surface area contributed by atoms with Gasteiger partial charge < -0.3 is 0 Å². The topological polar surface area (TPSA) is 86.7 Å². The van der Waals surface area contributed by atoms with E-state index in [9.17, 15) is 10.1 Å². The van der Waals surface area contributed by atoms with Gasteiger partial charge in [-0.15, -0.1) is 0 Å². The summed E-state index contributed by atoms with van der Waals surface area (Å²) >= 11 is 12.5. The Morgan fingerprint density at radius 2 is 1.47 bits per heavy atom. The molecule has 9 heteroatoms. The molecule has 2 aromatic heterocycles. The molecule has 5 rings (SSSR count). The molecule has 5 aromatic rings. The maximum absolute atomic E-state index is 11.0. The van der Waals surface area contributed by atoms with Gasteiger partial charge in [0.25, 0.3) is 5.69 Å². The monoisotopic (exact) mass is 435 g/mol. The molecule has 30 heavy (non-hydrogen) atoms. The highest BCUT2D eigenvalue weighted by atomic mass is 35.5. The van der Waals surface area contributed by atoms with Gasteiger partial charge in [-0.05, 0) is 42.5 Å².